The third-order valence-electron chi connectivity index (χ3n) is 4.94. The molecular formula is C25H35N3O5S. The molecule has 0 spiro atoms. The number of esters is 1. The SMILES string of the molecule is CCOCCCN(CC(=O)N(Cc1ccccc1)Cc1ccc(C)s1)C(=O)NCC(=O)OCC. The highest BCUT2D eigenvalue weighted by molar-refractivity contribution is 7.11. The van der Waals surface area contributed by atoms with Crippen molar-refractivity contribution in [2.45, 2.75) is 40.3 Å². The van der Waals surface area contributed by atoms with Gasteiger partial charge in [-0.25, -0.2) is 4.79 Å². The molecule has 2 aromatic rings. The smallest absolute Gasteiger partial charge is 0.325 e. The summed E-state index contributed by atoms with van der Waals surface area (Å²) in [6.45, 7) is 7.83. The zero-order valence-corrected chi connectivity index (χ0v) is 21.1. The van der Waals surface area contributed by atoms with Crippen LogP contribution in [0.1, 0.15) is 35.6 Å². The Labute approximate surface area is 205 Å². The van der Waals surface area contributed by atoms with Gasteiger partial charge < -0.3 is 24.6 Å². The lowest BCUT2D eigenvalue weighted by Crippen LogP contribution is -2.48. The molecule has 1 aromatic heterocycles. The maximum atomic E-state index is 13.4. The molecule has 8 nitrogen and oxygen atoms in total. The van der Waals surface area contributed by atoms with E-state index in [1.54, 1.807) is 23.2 Å². The number of rotatable bonds is 14. The molecule has 1 N–H and O–H groups in total. The fraction of sp³-hybridized carbons (Fsp3) is 0.480. The Bertz CT molecular complexity index is 903. The minimum atomic E-state index is -0.518. The molecule has 0 atom stereocenters. The van der Waals surface area contributed by atoms with Gasteiger partial charge in [-0.15, -0.1) is 11.3 Å². The van der Waals surface area contributed by atoms with E-state index in [0.717, 1.165) is 10.4 Å². The van der Waals surface area contributed by atoms with Crippen LogP contribution in [-0.4, -0.2) is 67.2 Å². The molecule has 0 aliphatic heterocycles. The van der Waals surface area contributed by atoms with Crippen molar-refractivity contribution in [3.63, 3.8) is 0 Å². The second-order valence-corrected chi connectivity index (χ2v) is 9.06. The number of hydrogen-bond donors (Lipinski definition) is 1. The second-order valence-electron chi connectivity index (χ2n) is 7.68. The van der Waals surface area contributed by atoms with Crippen molar-refractivity contribution in [1.29, 1.82) is 0 Å². The van der Waals surface area contributed by atoms with E-state index in [9.17, 15) is 14.4 Å². The van der Waals surface area contributed by atoms with E-state index < -0.39 is 12.0 Å². The number of nitrogens with one attached hydrogen (secondary N) is 1. The van der Waals surface area contributed by atoms with Gasteiger partial charge in [0, 0.05) is 36.1 Å². The molecule has 3 amide bonds. The summed E-state index contributed by atoms with van der Waals surface area (Å²) in [6, 6.07) is 13.4. The topological polar surface area (TPSA) is 88.2 Å². The van der Waals surface area contributed by atoms with Gasteiger partial charge in [0.1, 0.15) is 13.1 Å². The summed E-state index contributed by atoms with van der Waals surface area (Å²) in [4.78, 5) is 43.3. The van der Waals surface area contributed by atoms with E-state index in [4.69, 9.17) is 9.47 Å². The van der Waals surface area contributed by atoms with Gasteiger partial charge in [-0.1, -0.05) is 30.3 Å². The lowest BCUT2D eigenvalue weighted by Gasteiger charge is -2.28. The van der Waals surface area contributed by atoms with Gasteiger partial charge in [0.05, 0.1) is 13.2 Å². The van der Waals surface area contributed by atoms with Crippen LogP contribution in [0.5, 0.6) is 0 Å². The number of urea groups is 1. The third kappa shape index (κ3) is 9.93. The number of nitrogens with zero attached hydrogens (tertiary/aromatic N) is 2. The Balaban J connectivity index is 2.11. The van der Waals surface area contributed by atoms with Gasteiger partial charge in [-0.05, 0) is 44.9 Å². The number of carbonyl (C=O) groups is 3. The minimum absolute atomic E-state index is 0.0992. The predicted octanol–water partition coefficient (Wildman–Crippen LogP) is 3.59. The Hall–Kier alpha value is -2.91. The van der Waals surface area contributed by atoms with Crippen LogP contribution in [0.25, 0.3) is 0 Å². The average molecular weight is 490 g/mol. The van der Waals surface area contributed by atoms with E-state index in [0.29, 0.717) is 39.3 Å². The van der Waals surface area contributed by atoms with Crippen molar-refractivity contribution < 1.29 is 23.9 Å². The highest BCUT2D eigenvalue weighted by Crippen LogP contribution is 2.19. The summed E-state index contributed by atoms with van der Waals surface area (Å²) < 4.78 is 10.3. The van der Waals surface area contributed by atoms with Crippen LogP contribution in [0.3, 0.4) is 0 Å². The van der Waals surface area contributed by atoms with Gasteiger partial charge in [0.25, 0.3) is 0 Å². The molecule has 1 heterocycles. The van der Waals surface area contributed by atoms with Gasteiger partial charge in [-0.2, -0.15) is 0 Å². The van der Waals surface area contributed by atoms with E-state index in [2.05, 4.69) is 5.32 Å². The van der Waals surface area contributed by atoms with Crippen molar-refractivity contribution in [2.24, 2.45) is 0 Å². The normalized spacial score (nSPS) is 10.6. The molecule has 0 aliphatic rings. The molecule has 0 fully saturated rings. The number of carbonyl (C=O) groups excluding carboxylic acids is 3. The molecule has 0 radical (unpaired) electrons. The summed E-state index contributed by atoms with van der Waals surface area (Å²) in [7, 11) is 0. The molecule has 0 saturated heterocycles. The lowest BCUT2D eigenvalue weighted by atomic mass is 10.2. The van der Waals surface area contributed by atoms with Gasteiger partial charge in [-0.3, -0.25) is 9.59 Å². The molecule has 186 valence electrons. The van der Waals surface area contributed by atoms with Crippen LogP contribution in [-0.2, 0) is 32.2 Å². The van der Waals surface area contributed by atoms with Crippen LogP contribution < -0.4 is 5.32 Å². The molecule has 0 saturated carbocycles. The van der Waals surface area contributed by atoms with Gasteiger partial charge in [0.2, 0.25) is 5.91 Å². The second kappa shape index (κ2) is 15.1. The lowest BCUT2D eigenvalue weighted by molar-refractivity contribution is -0.141. The predicted molar refractivity (Wildman–Crippen MR) is 132 cm³/mol. The minimum Gasteiger partial charge on any atom is -0.465 e. The zero-order valence-electron chi connectivity index (χ0n) is 20.2. The molecule has 0 unspecified atom stereocenters. The number of benzene rings is 1. The number of ether oxygens (including phenoxy) is 2. The molecule has 1 aromatic carbocycles. The van der Waals surface area contributed by atoms with E-state index >= 15 is 0 Å². The first-order chi connectivity index (χ1) is 16.4. The first-order valence-corrected chi connectivity index (χ1v) is 12.4. The Morgan fingerprint density at radius 2 is 1.74 bits per heavy atom. The summed E-state index contributed by atoms with van der Waals surface area (Å²) >= 11 is 1.65. The quantitative estimate of drug-likeness (QED) is 0.324. The molecule has 0 aliphatic carbocycles. The molecular weight excluding hydrogens is 454 g/mol. The van der Waals surface area contributed by atoms with Crippen molar-refractivity contribution in [2.75, 3.05) is 39.5 Å². The van der Waals surface area contributed by atoms with Crippen LogP contribution in [0.4, 0.5) is 4.79 Å². The fourth-order valence-corrected chi connectivity index (χ4v) is 4.19. The van der Waals surface area contributed by atoms with Gasteiger partial charge in [0.15, 0.2) is 0 Å². The monoisotopic (exact) mass is 489 g/mol. The van der Waals surface area contributed by atoms with Crippen LogP contribution >= 0.6 is 11.3 Å². The number of aryl methyl sites for hydroxylation is 1. The average Bonchev–Trinajstić information content (AvgIpc) is 3.24. The Morgan fingerprint density at radius 3 is 2.38 bits per heavy atom. The molecule has 9 heteroatoms. The van der Waals surface area contributed by atoms with Crippen LogP contribution in [0.15, 0.2) is 42.5 Å². The van der Waals surface area contributed by atoms with E-state index in [1.165, 1.54) is 9.78 Å². The summed E-state index contributed by atoms with van der Waals surface area (Å²) in [5.41, 5.74) is 1.01. The number of amides is 3. The van der Waals surface area contributed by atoms with Crippen molar-refractivity contribution in [3.05, 3.63) is 57.8 Å². The zero-order chi connectivity index (χ0) is 24.8. The summed E-state index contributed by atoms with van der Waals surface area (Å²) in [5.74, 6) is -0.687. The number of hydrogen-bond acceptors (Lipinski definition) is 6. The summed E-state index contributed by atoms with van der Waals surface area (Å²) in [6.07, 6.45) is 0.580. The van der Waals surface area contributed by atoms with Crippen molar-refractivity contribution in [3.8, 4) is 0 Å². The standard InChI is InChI=1S/C25H35N3O5S/c1-4-32-15-9-14-27(25(31)26-16-24(30)33-5-2)19-23(29)28(17-21-10-7-6-8-11-21)18-22-13-12-20(3)34-22/h6-8,10-13H,4-5,9,14-19H2,1-3H3,(H,26,31). The first kappa shape index (κ1) is 27.3. The fourth-order valence-electron chi connectivity index (χ4n) is 3.28. The third-order valence-corrected chi connectivity index (χ3v) is 5.92. The van der Waals surface area contributed by atoms with Crippen molar-refractivity contribution in [1.82, 2.24) is 15.1 Å². The Kier molecular flexibility index (Phi) is 12.1. The maximum absolute atomic E-state index is 13.4. The molecule has 34 heavy (non-hydrogen) atoms. The van der Waals surface area contributed by atoms with Crippen molar-refractivity contribution >= 4 is 29.2 Å². The van der Waals surface area contributed by atoms with E-state index in [1.807, 2.05) is 56.3 Å². The highest BCUT2D eigenvalue weighted by Gasteiger charge is 2.22. The molecule has 2 rings (SSSR count). The van der Waals surface area contributed by atoms with Crippen LogP contribution in [0, 0.1) is 6.92 Å². The number of thiophene rings is 1. The van der Waals surface area contributed by atoms with Gasteiger partial charge >= 0.3 is 12.0 Å². The highest BCUT2D eigenvalue weighted by atomic mass is 32.1. The van der Waals surface area contributed by atoms with Crippen LogP contribution in [0.2, 0.25) is 0 Å². The largest absolute Gasteiger partial charge is 0.465 e. The summed E-state index contributed by atoms with van der Waals surface area (Å²) in [5, 5.41) is 2.56. The van der Waals surface area contributed by atoms with E-state index in [-0.39, 0.29) is 25.6 Å². The maximum Gasteiger partial charge on any atom is 0.325 e. The Morgan fingerprint density at radius 1 is 0.971 bits per heavy atom. The molecule has 0 bridgehead atoms. The first-order valence-electron chi connectivity index (χ1n) is 11.6.